The van der Waals surface area contributed by atoms with Gasteiger partial charge in [-0.05, 0) is 24.6 Å². The van der Waals surface area contributed by atoms with Crippen LogP contribution in [-0.2, 0) is 22.6 Å². The zero-order chi connectivity index (χ0) is 17.6. The molecule has 25 heavy (non-hydrogen) atoms. The second-order valence-electron chi connectivity index (χ2n) is 6.28. The first-order valence-corrected chi connectivity index (χ1v) is 8.54. The van der Waals surface area contributed by atoms with E-state index in [-0.39, 0.29) is 5.91 Å². The fraction of sp³-hybridized carbons (Fsp3) is 0.421. The Kier molecular flexibility index (Phi) is 5.60. The Labute approximate surface area is 148 Å². The molecule has 0 spiro atoms. The molecule has 0 radical (unpaired) electrons. The van der Waals surface area contributed by atoms with E-state index in [2.05, 4.69) is 22.0 Å². The van der Waals surface area contributed by atoms with Crippen molar-refractivity contribution in [1.29, 1.82) is 0 Å². The summed E-state index contributed by atoms with van der Waals surface area (Å²) in [5.41, 5.74) is 3.20. The molecule has 0 fully saturated rings. The van der Waals surface area contributed by atoms with Crippen molar-refractivity contribution >= 4 is 11.7 Å². The number of rotatable bonds is 5. The number of ether oxygens (including phenoxy) is 1. The third-order valence-corrected chi connectivity index (χ3v) is 4.36. The van der Waals surface area contributed by atoms with Gasteiger partial charge in [0.15, 0.2) is 0 Å². The SMILES string of the molecule is COCCC(=O)N1CCN(Cc2cccnc2)c2nc(C)ccc2C1. The smallest absolute Gasteiger partial charge is 0.225 e. The van der Waals surface area contributed by atoms with Gasteiger partial charge in [0.05, 0.1) is 13.0 Å². The van der Waals surface area contributed by atoms with Gasteiger partial charge in [-0.15, -0.1) is 0 Å². The molecule has 1 aliphatic rings. The van der Waals surface area contributed by atoms with E-state index >= 15 is 0 Å². The fourth-order valence-electron chi connectivity index (χ4n) is 3.03. The standard InChI is InChI=1S/C19H24N4O2/c1-15-5-6-17-14-22(18(24)7-11-25-2)9-10-23(19(17)21-15)13-16-4-3-8-20-12-16/h3-6,8,12H,7,9-11,13-14H2,1-2H3. The minimum Gasteiger partial charge on any atom is -0.384 e. The number of methoxy groups -OCH3 is 1. The summed E-state index contributed by atoms with van der Waals surface area (Å²) in [6, 6.07) is 8.09. The highest BCUT2D eigenvalue weighted by molar-refractivity contribution is 5.76. The molecule has 0 unspecified atom stereocenters. The van der Waals surface area contributed by atoms with Crippen molar-refractivity contribution in [3.63, 3.8) is 0 Å². The Hall–Kier alpha value is -2.47. The summed E-state index contributed by atoms with van der Waals surface area (Å²) in [4.78, 5) is 25.5. The normalized spacial score (nSPS) is 14.2. The number of pyridine rings is 2. The van der Waals surface area contributed by atoms with Crippen LogP contribution in [0.2, 0.25) is 0 Å². The van der Waals surface area contributed by atoms with E-state index in [1.807, 2.05) is 30.2 Å². The first-order chi connectivity index (χ1) is 12.2. The second-order valence-corrected chi connectivity index (χ2v) is 6.28. The van der Waals surface area contributed by atoms with Gasteiger partial charge in [0.25, 0.3) is 0 Å². The summed E-state index contributed by atoms with van der Waals surface area (Å²) < 4.78 is 5.04. The summed E-state index contributed by atoms with van der Waals surface area (Å²) >= 11 is 0. The maximum absolute atomic E-state index is 12.4. The molecule has 3 rings (SSSR count). The van der Waals surface area contributed by atoms with Crippen molar-refractivity contribution in [3.8, 4) is 0 Å². The van der Waals surface area contributed by atoms with Crippen LogP contribution < -0.4 is 4.90 Å². The number of nitrogens with zero attached hydrogens (tertiary/aromatic N) is 4. The van der Waals surface area contributed by atoms with Gasteiger partial charge in [0, 0.05) is 56.9 Å². The molecule has 0 saturated carbocycles. The highest BCUT2D eigenvalue weighted by Crippen LogP contribution is 2.25. The number of carbonyl (C=O) groups excluding carboxylic acids is 1. The molecule has 2 aromatic rings. The van der Waals surface area contributed by atoms with Crippen molar-refractivity contribution in [3.05, 3.63) is 53.5 Å². The third kappa shape index (κ3) is 4.33. The lowest BCUT2D eigenvalue weighted by atomic mass is 10.2. The van der Waals surface area contributed by atoms with Crippen molar-refractivity contribution < 1.29 is 9.53 Å². The number of hydrogen-bond acceptors (Lipinski definition) is 5. The zero-order valence-electron chi connectivity index (χ0n) is 14.8. The van der Waals surface area contributed by atoms with Crippen molar-refractivity contribution in [2.45, 2.75) is 26.4 Å². The van der Waals surface area contributed by atoms with Crippen molar-refractivity contribution in [1.82, 2.24) is 14.9 Å². The Balaban J connectivity index is 1.84. The maximum Gasteiger partial charge on any atom is 0.225 e. The lowest BCUT2D eigenvalue weighted by molar-refractivity contribution is -0.132. The third-order valence-electron chi connectivity index (χ3n) is 4.36. The van der Waals surface area contributed by atoms with Gasteiger partial charge in [-0.25, -0.2) is 4.98 Å². The van der Waals surface area contributed by atoms with Gasteiger partial charge < -0.3 is 14.5 Å². The molecule has 0 aromatic carbocycles. The van der Waals surface area contributed by atoms with E-state index < -0.39 is 0 Å². The number of anilines is 1. The van der Waals surface area contributed by atoms with E-state index in [1.165, 1.54) is 0 Å². The molecule has 1 amide bonds. The van der Waals surface area contributed by atoms with Crippen LogP contribution in [0.1, 0.15) is 23.2 Å². The minimum atomic E-state index is 0.122. The molecule has 3 heterocycles. The van der Waals surface area contributed by atoms with Crippen LogP contribution >= 0.6 is 0 Å². The first kappa shape index (κ1) is 17.4. The molecule has 0 aliphatic carbocycles. The molecule has 6 heteroatoms. The zero-order valence-corrected chi connectivity index (χ0v) is 14.8. The van der Waals surface area contributed by atoms with Crippen LogP contribution in [0.3, 0.4) is 0 Å². The molecule has 0 N–H and O–H groups in total. The molecule has 1 aliphatic heterocycles. The Morgan fingerprint density at radius 1 is 1.28 bits per heavy atom. The first-order valence-electron chi connectivity index (χ1n) is 8.54. The maximum atomic E-state index is 12.4. The molecular formula is C19H24N4O2. The van der Waals surface area contributed by atoms with E-state index in [1.54, 1.807) is 13.3 Å². The summed E-state index contributed by atoms with van der Waals surface area (Å²) in [7, 11) is 1.62. The lowest BCUT2D eigenvalue weighted by Crippen LogP contribution is -2.35. The van der Waals surface area contributed by atoms with Crippen LogP contribution in [0.4, 0.5) is 5.82 Å². The largest absolute Gasteiger partial charge is 0.384 e. The summed E-state index contributed by atoms with van der Waals surface area (Å²) in [5, 5.41) is 0. The Morgan fingerprint density at radius 2 is 2.16 bits per heavy atom. The van der Waals surface area contributed by atoms with Crippen LogP contribution in [-0.4, -0.2) is 47.6 Å². The minimum absolute atomic E-state index is 0.122. The molecule has 6 nitrogen and oxygen atoms in total. The summed E-state index contributed by atoms with van der Waals surface area (Å²) in [5.74, 6) is 1.09. The van der Waals surface area contributed by atoms with Crippen LogP contribution in [0.5, 0.6) is 0 Å². The Morgan fingerprint density at radius 3 is 2.92 bits per heavy atom. The van der Waals surface area contributed by atoms with Crippen molar-refractivity contribution in [2.24, 2.45) is 0 Å². The quantitative estimate of drug-likeness (QED) is 0.835. The lowest BCUT2D eigenvalue weighted by Gasteiger charge is -2.24. The van der Waals surface area contributed by atoms with Gasteiger partial charge >= 0.3 is 0 Å². The van der Waals surface area contributed by atoms with Crippen LogP contribution in [0.15, 0.2) is 36.7 Å². The fourth-order valence-corrected chi connectivity index (χ4v) is 3.03. The highest BCUT2D eigenvalue weighted by Gasteiger charge is 2.24. The number of aromatic nitrogens is 2. The van der Waals surface area contributed by atoms with Crippen LogP contribution in [0.25, 0.3) is 0 Å². The number of aryl methyl sites for hydroxylation is 1. The van der Waals surface area contributed by atoms with E-state index in [4.69, 9.17) is 9.72 Å². The van der Waals surface area contributed by atoms with Gasteiger partial charge in [-0.1, -0.05) is 12.1 Å². The average molecular weight is 340 g/mol. The average Bonchev–Trinajstić information content (AvgIpc) is 2.80. The highest BCUT2D eigenvalue weighted by atomic mass is 16.5. The second kappa shape index (κ2) is 8.07. The van der Waals surface area contributed by atoms with E-state index in [0.29, 0.717) is 26.1 Å². The topological polar surface area (TPSA) is 58.6 Å². The van der Waals surface area contributed by atoms with Gasteiger partial charge in [-0.3, -0.25) is 9.78 Å². The van der Waals surface area contributed by atoms with Crippen LogP contribution in [0, 0.1) is 6.92 Å². The predicted octanol–water partition coefficient (Wildman–Crippen LogP) is 2.17. The number of hydrogen-bond donors (Lipinski definition) is 0. The number of amides is 1. The molecule has 0 atom stereocenters. The number of carbonyl (C=O) groups is 1. The molecular weight excluding hydrogens is 316 g/mol. The van der Waals surface area contributed by atoms with Crippen molar-refractivity contribution in [2.75, 3.05) is 31.7 Å². The Bertz CT molecular complexity index is 721. The molecule has 132 valence electrons. The summed E-state index contributed by atoms with van der Waals surface area (Å²) in [6.45, 7) is 5.20. The number of fused-ring (bicyclic) bond motifs is 1. The van der Waals surface area contributed by atoms with Gasteiger partial charge in [-0.2, -0.15) is 0 Å². The van der Waals surface area contributed by atoms with E-state index in [0.717, 1.165) is 35.7 Å². The van der Waals surface area contributed by atoms with Gasteiger partial charge in [0.1, 0.15) is 5.82 Å². The molecule has 0 bridgehead atoms. The monoisotopic (exact) mass is 340 g/mol. The predicted molar refractivity (Wildman–Crippen MR) is 96.2 cm³/mol. The van der Waals surface area contributed by atoms with Gasteiger partial charge in [0.2, 0.25) is 5.91 Å². The summed E-state index contributed by atoms with van der Waals surface area (Å²) in [6.07, 6.45) is 4.06. The molecule has 0 saturated heterocycles. The van der Waals surface area contributed by atoms with E-state index in [9.17, 15) is 4.79 Å². The molecule has 2 aromatic heterocycles.